The average molecular weight is 334 g/mol. The van der Waals surface area contributed by atoms with Crippen molar-refractivity contribution in [2.24, 2.45) is 11.8 Å². The fraction of sp³-hybridized carbons (Fsp3) is 0.529. The number of halogens is 1. The molecule has 1 aliphatic heterocycles. The molecule has 106 valence electrons. The van der Waals surface area contributed by atoms with Gasteiger partial charge in [0.05, 0.1) is 4.83 Å². The second-order valence-corrected chi connectivity index (χ2v) is 7.33. The molecule has 0 amide bonds. The van der Waals surface area contributed by atoms with Crippen LogP contribution in [-0.2, 0) is 4.74 Å². The van der Waals surface area contributed by atoms with Crippen molar-refractivity contribution in [2.45, 2.75) is 36.0 Å². The minimum atomic E-state index is -0.167. The van der Waals surface area contributed by atoms with Gasteiger partial charge in [0.15, 0.2) is 0 Å². The fourth-order valence-electron chi connectivity index (χ4n) is 4.27. The van der Waals surface area contributed by atoms with E-state index in [1.54, 1.807) is 0 Å². The Kier molecular flexibility index (Phi) is 2.89. The molecule has 2 fully saturated rings. The molecule has 20 heavy (non-hydrogen) atoms. The SMILES string of the molecule is C[C@H]1[C@@H](c2ccccc2)OC2([C@H](Br)[C@@H]3C=C[C@H]2C3)N1C. The van der Waals surface area contributed by atoms with Gasteiger partial charge in [-0.3, -0.25) is 4.90 Å². The van der Waals surface area contributed by atoms with E-state index in [4.69, 9.17) is 4.74 Å². The summed E-state index contributed by atoms with van der Waals surface area (Å²) < 4.78 is 6.69. The highest BCUT2D eigenvalue weighted by Gasteiger charge is 2.64. The summed E-state index contributed by atoms with van der Waals surface area (Å²) in [5.74, 6) is 1.13. The Bertz CT molecular complexity index is 545. The van der Waals surface area contributed by atoms with Gasteiger partial charge >= 0.3 is 0 Å². The maximum atomic E-state index is 6.69. The minimum absolute atomic E-state index is 0.161. The summed E-state index contributed by atoms with van der Waals surface area (Å²) in [5, 5.41) is 0. The van der Waals surface area contributed by atoms with Gasteiger partial charge in [-0.1, -0.05) is 58.4 Å². The Balaban J connectivity index is 1.73. The third-order valence-electron chi connectivity index (χ3n) is 5.46. The smallest absolute Gasteiger partial charge is 0.142 e. The zero-order valence-electron chi connectivity index (χ0n) is 11.9. The fourth-order valence-corrected chi connectivity index (χ4v) is 5.43. The summed E-state index contributed by atoms with van der Waals surface area (Å²) in [6.07, 6.45) is 6.09. The van der Waals surface area contributed by atoms with E-state index in [1.807, 2.05) is 0 Å². The molecule has 1 spiro atoms. The van der Waals surface area contributed by atoms with Crippen molar-refractivity contribution < 1.29 is 4.74 Å². The molecule has 1 aromatic carbocycles. The quantitative estimate of drug-likeness (QED) is 0.573. The van der Waals surface area contributed by atoms with Gasteiger partial charge < -0.3 is 4.74 Å². The number of likely N-dealkylation sites (N-methyl/N-ethyl adjacent to an activating group) is 1. The molecule has 1 saturated heterocycles. The van der Waals surface area contributed by atoms with Crippen molar-refractivity contribution in [1.29, 1.82) is 0 Å². The zero-order valence-corrected chi connectivity index (χ0v) is 13.5. The van der Waals surface area contributed by atoms with E-state index in [0.717, 1.165) is 0 Å². The van der Waals surface area contributed by atoms with E-state index >= 15 is 0 Å². The van der Waals surface area contributed by atoms with Crippen LogP contribution in [0, 0.1) is 11.8 Å². The summed E-state index contributed by atoms with van der Waals surface area (Å²) in [5.41, 5.74) is 1.12. The summed E-state index contributed by atoms with van der Waals surface area (Å²) in [7, 11) is 2.22. The summed E-state index contributed by atoms with van der Waals surface area (Å²) in [4.78, 5) is 2.85. The lowest BCUT2D eigenvalue weighted by atomic mass is 9.95. The molecular formula is C17H20BrNO. The number of allylic oxidation sites excluding steroid dienone is 1. The van der Waals surface area contributed by atoms with Crippen LogP contribution < -0.4 is 0 Å². The Morgan fingerprint density at radius 3 is 2.65 bits per heavy atom. The van der Waals surface area contributed by atoms with Crippen LogP contribution >= 0.6 is 15.9 Å². The molecule has 0 N–H and O–H groups in total. The molecule has 3 heteroatoms. The van der Waals surface area contributed by atoms with E-state index in [2.05, 4.69) is 77.3 Å². The summed E-state index contributed by atoms with van der Waals surface area (Å²) in [6, 6.07) is 11.0. The molecule has 0 aromatic heterocycles. The number of rotatable bonds is 1. The molecule has 1 aromatic rings. The first-order valence-electron chi connectivity index (χ1n) is 7.42. The molecule has 0 radical (unpaired) electrons. The van der Waals surface area contributed by atoms with Crippen LogP contribution in [-0.4, -0.2) is 28.5 Å². The monoisotopic (exact) mass is 333 g/mol. The van der Waals surface area contributed by atoms with Gasteiger partial charge in [0.25, 0.3) is 0 Å². The first-order valence-corrected chi connectivity index (χ1v) is 8.34. The third-order valence-corrected chi connectivity index (χ3v) is 6.80. The average Bonchev–Trinajstić information content (AvgIpc) is 3.12. The Morgan fingerprint density at radius 1 is 1.25 bits per heavy atom. The molecule has 2 nitrogen and oxygen atoms in total. The lowest BCUT2D eigenvalue weighted by molar-refractivity contribution is -0.110. The Morgan fingerprint density at radius 2 is 2.00 bits per heavy atom. The van der Waals surface area contributed by atoms with Crippen LogP contribution in [0.3, 0.4) is 0 Å². The van der Waals surface area contributed by atoms with Crippen molar-refractivity contribution in [3.8, 4) is 0 Å². The topological polar surface area (TPSA) is 12.5 Å². The largest absolute Gasteiger partial charge is 0.349 e. The number of ether oxygens (including phenoxy) is 1. The van der Waals surface area contributed by atoms with Crippen LogP contribution in [0.2, 0.25) is 0 Å². The molecule has 1 unspecified atom stereocenters. The van der Waals surface area contributed by atoms with Gasteiger partial charge in [-0.25, -0.2) is 0 Å². The van der Waals surface area contributed by atoms with Crippen molar-refractivity contribution in [3.63, 3.8) is 0 Å². The van der Waals surface area contributed by atoms with Crippen molar-refractivity contribution >= 4 is 15.9 Å². The van der Waals surface area contributed by atoms with E-state index in [0.29, 0.717) is 22.7 Å². The second-order valence-electron chi connectivity index (χ2n) is 6.35. The second kappa shape index (κ2) is 4.43. The lowest BCUT2D eigenvalue weighted by Crippen LogP contribution is -2.54. The first-order chi connectivity index (χ1) is 9.64. The molecule has 1 saturated carbocycles. The molecular weight excluding hydrogens is 314 g/mol. The van der Waals surface area contributed by atoms with Crippen LogP contribution in [0.25, 0.3) is 0 Å². The van der Waals surface area contributed by atoms with Gasteiger partial charge in [0, 0.05) is 12.0 Å². The van der Waals surface area contributed by atoms with Gasteiger partial charge in [-0.2, -0.15) is 0 Å². The number of hydrogen-bond donors (Lipinski definition) is 0. The molecule has 2 bridgehead atoms. The lowest BCUT2D eigenvalue weighted by Gasteiger charge is -2.41. The molecule has 6 atom stereocenters. The van der Waals surface area contributed by atoms with E-state index < -0.39 is 0 Å². The van der Waals surface area contributed by atoms with Crippen molar-refractivity contribution in [1.82, 2.24) is 4.90 Å². The van der Waals surface area contributed by atoms with Crippen LogP contribution in [0.5, 0.6) is 0 Å². The maximum Gasteiger partial charge on any atom is 0.142 e. The van der Waals surface area contributed by atoms with E-state index in [-0.39, 0.29) is 11.8 Å². The number of fused-ring (bicyclic) bond motifs is 3. The maximum absolute atomic E-state index is 6.69. The summed E-state index contributed by atoms with van der Waals surface area (Å²) >= 11 is 3.93. The normalized spacial score (nSPS) is 46.6. The first kappa shape index (κ1) is 13.1. The summed E-state index contributed by atoms with van der Waals surface area (Å²) in [6.45, 7) is 2.28. The molecule has 4 rings (SSSR count). The van der Waals surface area contributed by atoms with Gasteiger partial charge in [0.1, 0.15) is 11.8 Å². The number of nitrogens with zero attached hydrogens (tertiary/aromatic N) is 1. The standard InChI is InChI=1S/C17H20BrNO/c1-11-15(12-6-4-3-5-7-12)20-17(19(11)2)14-9-8-13(10-14)16(17)18/h3-9,11,13-16H,10H2,1-2H3/t11-,13+,14-,15-,16+,17?/m0/s1. The molecule has 2 aliphatic carbocycles. The Labute approximate surface area is 128 Å². The molecule has 3 aliphatic rings. The van der Waals surface area contributed by atoms with E-state index in [1.165, 1.54) is 12.0 Å². The zero-order chi connectivity index (χ0) is 13.9. The van der Waals surface area contributed by atoms with Crippen molar-refractivity contribution in [2.75, 3.05) is 7.05 Å². The highest BCUT2D eigenvalue weighted by Crippen LogP contribution is 2.58. The number of benzene rings is 1. The van der Waals surface area contributed by atoms with Gasteiger partial charge in [0.2, 0.25) is 0 Å². The predicted molar refractivity (Wildman–Crippen MR) is 83.7 cm³/mol. The highest BCUT2D eigenvalue weighted by atomic mass is 79.9. The van der Waals surface area contributed by atoms with Gasteiger partial charge in [-0.15, -0.1) is 0 Å². The predicted octanol–water partition coefficient (Wildman–Crippen LogP) is 3.74. The third kappa shape index (κ3) is 1.52. The van der Waals surface area contributed by atoms with Gasteiger partial charge in [-0.05, 0) is 31.9 Å². The highest BCUT2D eigenvalue weighted by molar-refractivity contribution is 9.09. The minimum Gasteiger partial charge on any atom is -0.349 e. The van der Waals surface area contributed by atoms with Crippen LogP contribution in [0.1, 0.15) is 25.0 Å². The van der Waals surface area contributed by atoms with Crippen molar-refractivity contribution in [3.05, 3.63) is 48.0 Å². The number of alkyl halides is 1. The van der Waals surface area contributed by atoms with E-state index in [9.17, 15) is 0 Å². The van der Waals surface area contributed by atoms with Crippen LogP contribution in [0.15, 0.2) is 42.5 Å². The number of hydrogen-bond acceptors (Lipinski definition) is 2. The van der Waals surface area contributed by atoms with Crippen LogP contribution in [0.4, 0.5) is 0 Å². The molecule has 1 heterocycles. The Hall–Kier alpha value is -0.640.